The zero-order valence-corrected chi connectivity index (χ0v) is 19.5. The lowest BCUT2D eigenvalue weighted by Crippen LogP contribution is -2.14. The van der Waals surface area contributed by atoms with Crippen LogP contribution in [0.15, 0.2) is 84.1 Å². The van der Waals surface area contributed by atoms with Gasteiger partial charge in [-0.3, -0.25) is 9.89 Å². The number of aromatic amines is 1. The van der Waals surface area contributed by atoms with Gasteiger partial charge in [0, 0.05) is 29.8 Å². The van der Waals surface area contributed by atoms with Gasteiger partial charge in [0.15, 0.2) is 5.65 Å². The molecule has 3 aromatic heterocycles. The summed E-state index contributed by atoms with van der Waals surface area (Å²) in [6.07, 6.45) is 5.19. The number of aryl methyl sites for hydroxylation is 1. The predicted molar refractivity (Wildman–Crippen MR) is 131 cm³/mol. The molecule has 0 aliphatic heterocycles. The Kier molecular flexibility index (Phi) is 5.37. The molecule has 0 aliphatic carbocycles. The van der Waals surface area contributed by atoms with Crippen LogP contribution < -0.4 is 0 Å². The fourth-order valence-electron chi connectivity index (χ4n) is 4.11. The Bertz CT molecular complexity index is 1620. The van der Waals surface area contributed by atoms with E-state index in [4.69, 9.17) is 0 Å². The molecule has 7 nitrogen and oxygen atoms in total. The Hall–Kier alpha value is -4.04. The average Bonchev–Trinajstić information content (AvgIpc) is 3.47. The molecular formula is C26H22N4O3S. The first kappa shape index (κ1) is 21.8. The molecule has 0 saturated carbocycles. The van der Waals surface area contributed by atoms with Crippen molar-refractivity contribution in [3.8, 4) is 22.4 Å². The summed E-state index contributed by atoms with van der Waals surface area (Å²) in [6, 6.07) is 18.1. The van der Waals surface area contributed by atoms with Gasteiger partial charge in [-0.1, -0.05) is 42.0 Å². The Balaban J connectivity index is 1.78. The topological polar surface area (TPSA) is 97.7 Å². The number of hydrogen-bond donors (Lipinski definition) is 1. The summed E-state index contributed by atoms with van der Waals surface area (Å²) in [5.74, 6) is 0.0783. The van der Waals surface area contributed by atoms with Crippen LogP contribution in [0.25, 0.3) is 33.4 Å². The van der Waals surface area contributed by atoms with E-state index >= 15 is 0 Å². The summed E-state index contributed by atoms with van der Waals surface area (Å²) in [5.41, 5.74) is 5.00. The highest BCUT2D eigenvalue weighted by Crippen LogP contribution is 2.36. The molecule has 0 spiro atoms. The highest BCUT2D eigenvalue weighted by atomic mass is 32.2. The third-order valence-electron chi connectivity index (χ3n) is 5.71. The first-order valence-corrected chi connectivity index (χ1v) is 12.2. The molecule has 8 heteroatoms. The third kappa shape index (κ3) is 3.82. The fraction of sp³-hybridized carbons (Fsp3) is 0.115. The first-order valence-electron chi connectivity index (χ1n) is 10.8. The largest absolute Gasteiger partial charge is 0.300 e. The van der Waals surface area contributed by atoms with Crippen LogP contribution in [-0.2, 0) is 21.2 Å². The maximum absolute atomic E-state index is 13.8. The van der Waals surface area contributed by atoms with Crippen molar-refractivity contribution >= 4 is 26.8 Å². The number of aromatic nitrogens is 4. The lowest BCUT2D eigenvalue weighted by molar-refractivity contribution is -0.116. The van der Waals surface area contributed by atoms with Crippen molar-refractivity contribution in [3.63, 3.8) is 0 Å². The number of fused-ring (bicyclic) bond motifs is 1. The second-order valence-corrected chi connectivity index (χ2v) is 10.1. The van der Waals surface area contributed by atoms with Gasteiger partial charge in [0.2, 0.25) is 0 Å². The molecule has 170 valence electrons. The van der Waals surface area contributed by atoms with E-state index in [2.05, 4.69) is 15.2 Å². The van der Waals surface area contributed by atoms with Gasteiger partial charge in [-0.25, -0.2) is 17.4 Å². The van der Waals surface area contributed by atoms with E-state index in [0.717, 1.165) is 22.3 Å². The molecular weight excluding hydrogens is 448 g/mol. The molecule has 0 radical (unpaired) electrons. The second-order valence-electron chi connectivity index (χ2n) is 8.27. The van der Waals surface area contributed by atoms with Crippen molar-refractivity contribution in [2.75, 3.05) is 0 Å². The maximum atomic E-state index is 13.8. The van der Waals surface area contributed by atoms with E-state index in [1.807, 2.05) is 43.3 Å². The number of pyridine rings is 1. The van der Waals surface area contributed by atoms with E-state index < -0.39 is 10.0 Å². The van der Waals surface area contributed by atoms with Crippen LogP contribution >= 0.6 is 0 Å². The van der Waals surface area contributed by atoms with Crippen molar-refractivity contribution in [1.29, 1.82) is 0 Å². The molecule has 34 heavy (non-hydrogen) atoms. The van der Waals surface area contributed by atoms with Crippen molar-refractivity contribution in [1.82, 2.24) is 19.2 Å². The van der Waals surface area contributed by atoms with Crippen LogP contribution in [0.3, 0.4) is 0 Å². The van der Waals surface area contributed by atoms with Crippen LogP contribution in [0.2, 0.25) is 0 Å². The molecule has 0 aliphatic rings. The van der Waals surface area contributed by atoms with Crippen molar-refractivity contribution in [3.05, 3.63) is 90.4 Å². The number of nitrogens with one attached hydrogen (secondary N) is 1. The monoisotopic (exact) mass is 470 g/mol. The molecule has 1 N–H and O–H groups in total. The summed E-state index contributed by atoms with van der Waals surface area (Å²) in [7, 11) is -3.95. The number of carbonyl (C=O) groups excluding carboxylic acids is 1. The van der Waals surface area contributed by atoms with Crippen LogP contribution in [0.1, 0.15) is 18.1 Å². The Labute approximate surface area is 197 Å². The van der Waals surface area contributed by atoms with E-state index in [0.29, 0.717) is 28.7 Å². The molecule has 5 rings (SSSR count). The molecule has 0 fully saturated rings. The second kappa shape index (κ2) is 8.39. The summed E-state index contributed by atoms with van der Waals surface area (Å²) >= 11 is 0. The highest BCUT2D eigenvalue weighted by molar-refractivity contribution is 7.90. The molecule has 0 bridgehead atoms. The number of nitrogens with zero attached hydrogens (tertiary/aromatic N) is 3. The van der Waals surface area contributed by atoms with Crippen LogP contribution in [0, 0.1) is 6.92 Å². The minimum absolute atomic E-state index is 0.0783. The van der Waals surface area contributed by atoms with E-state index in [1.165, 1.54) is 3.97 Å². The number of rotatable bonds is 6. The Morgan fingerprint density at radius 1 is 1.03 bits per heavy atom. The molecule has 2 aromatic carbocycles. The summed E-state index contributed by atoms with van der Waals surface area (Å²) in [6.45, 7) is 3.47. The number of Topliss-reactive ketones (excluding diaryl/α,β-unsaturated/α-hetero) is 1. The number of ketones is 1. The van der Waals surface area contributed by atoms with Gasteiger partial charge in [-0.15, -0.1) is 0 Å². The molecule has 0 amide bonds. The number of H-pyrrole nitrogens is 1. The molecule has 0 saturated heterocycles. The molecule has 5 aromatic rings. The maximum Gasteiger partial charge on any atom is 0.269 e. The fourth-order valence-corrected chi connectivity index (χ4v) is 5.60. The van der Waals surface area contributed by atoms with Gasteiger partial charge in [0.05, 0.1) is 16.8 Å². The van der Waals surface area contributed by atoms with Gasteiger partial charge in [-0.05, 0) is 54.8 Å². The van der Waals surface area contributed by atoms with E-state index in [-0.39, 0.29) is 10.7 Å². The standard InChI is InChI=1S/C26H22N4O3S/c1-17-6-8-22(9-7-17)34(32,33)30-25(21-15-28-29-16-21)14-24-23(10-11-27-26(24)30)20-5-3-4-19(13-20)12-18(2)31/h3-11,13-16H,12H2,1-2H3,(H,28,29). The Morgan fingerprint density at radius 2 is 1.82 bits per heavy atom. The zero-order chi connectivity index (χ0) is 23.9. The van der Waals surface area contributed by atoms with Crippen molar-refractivity contribution in [2.24, 2.45) is 0 Å². The van der Waals surface area contributed by atoms with Gasteiger partial charge in [-0.2, -0.15) is 5.10 Å². The lowest BCUT2D eigenvalue weighted by Gasteiger charge is -2.11. The van der Waals surface area contributed by atoms with Gasteiger partial charge < -0.3 is 0 Å². The van der Waals surface area contributed by atoms with Crippen molar-refractivity contribution < 1.29 is 13.2 Å². The van der Waals surface area contributed by atoms with Crippen LogP contribution in [-0.4, -0.2) is 33.4 Å². The summed E-state index contributed by atoms with van der Waals surface area (Å²) in [5, 5.41) is 7.46. The van der Waals surface area contributed by atoms with E-state index in [1.54, 1.807) is 49.8 Å². The zero-order valence-electron chi connectivity index (χ0n) is 18.7. The number of hydrogen-bond acceptors (Lipinski definition) is 5. The average molecular weight is 471 g/mol. The predicted octanol–water partition coefficient (Wildman–Crippen LogP) is 4.77. The number of carbonyl (C=O) groups is 1. The Morgan fingerprint density at radius 3 is 2.53 bits per heavy atom. The van der Waals surface area contributed by atoms with E-state index in [9.17, 15) is 13.2 Å². The van der Waals surface area contributed by atoms with Crippen molar-refractivity contribution in [2.45, 2.75) is 25.2 Å². The van der Waals surface area contributed by atoms with Gasteiger partial charge in [0.25, 0.3) is 10.0 Å². The summed E-state index contributed by atoms with van der Waals surface area (Å²) < 4.78 is 28.9. The molecule has 3 heterocycles. The van der Waals surface area contributed by atoms with Gasteiger partial charge >= 0.3 is 0 Å². The molecule has 0 atom stereocenters. The first-order chi connectivity index (χ1) is 16.3. The quantitative estimate of drug-likeness (QED) is 0.385. The normalized spacial score (nSPS) is 11.7. The number of benzene rings is 2. The molecule has 0 unspecified atom stereocenters. The SMILES string of the molecule is CC(=O)Cc1cccc(-c2ccnc3c2cc(-c2cn[nH]c2)n3S(=O)(=O)c2ccc(C)cc2)c1. The lowest BCUT2D eigenvalue weighted by atomic mass is 9.99. The summed E-state index contributed by atoms with van der Waals surface area (Å²) in [4.78, 5) is 16.3. The van der Waals surface area contributed by atoms with Gasteiger partial charge in [0.1, 0.15) is 5.78 Å². The smallest absolute Gasteiger partial charge is 0.269 e. The van der Waals surface area contributed by atoms with Crippen LogP contribution in [0.5, 0.6) is 0 Å². The minimum Gasteiger partial charge on any atom is -0.300 e. The minimum atomic E-state index is -3.95. The van der Waals surface area contributed by atoms with Crippen LogP contribution in [0.4, 0.5) is 0 Å². The third-order valence-corrected chi connectivity index (χ3v) is 7.42. The highest BCUT2D eigenvalue weighted by Gasteiger charge is 2.26.